The standard InChI is InChI=1S/C23H16ClFN2O4/c1-31-16-6-7-18(24)17(12-16)21(28)19-20(13-8-10-26-11-9-13)27(23(30)22(19)29)15-4-2-14(25)3-5-15/h2-12,20,28H,1H3/b21-19+. The van der Waals surface area contributed by atoms with Gasteiger partial charge in [0.2, 0.25) is 0 Å². The molecule has 3 aromatic rings. The minimum absolute atomic E-state index is 0.143. The molecule has 2 aromatic carbocycles. The van der Waals surface area contributed by atoms with Crippen LogP contribution in [0.15, 0.2) is 72.6 Å². The summed E-state index contributed by atoms with van der Waals surface area (Å²) in [5.41, 5.74) is 0.855. The number of methoxy groups -OCH3 is 1. The maximum absolute atomic E-state index is 13.5. The Kier molecular flexibility index (Phi) is 5.44. The molecule has 2 heterocycles. The predicted molar refractivity (Wildman–Crippen MR) is 113 cm³/mol. The van der Waals surface area contributed by atoms with Crippen molar-refractivity contribution in [3.05, 3.63) is 94.5 Å². The van der Waals surface area contributed by atoms with E-state index in [-0.39, 0.29) is 16.2 Å². The Bertz CT molecular complexity index is 1200. The molecule has 0 saturated carbocycles. The largest absolute Gasteiger partial charge is 0.507 e. The number of hydrogen-bond donors (Lipinski definition) is 1. The summed E-state index contributed by atoms with van der Waals surface area (Å²) in [5, 5.41) is 11.3. The number of carbonyl (C=O) groups is 2. The number of Topliss-reactive ketones (excluding diaryl/α,β-unsaturated/α-hetero) is 1. The second kappa shape index (κ2) is 8.20. The molecule has 1 fully saturated rings. The first-order valence-corrected chi connectivity index (χ1v) is 9.60. The third-order valence-corrected chi connectivity index (χ3v) is 5.33. The van der Waals surface area contributed by atoms with Crippen LogP contribution in [-0.4, -0.2) is 28.9 Å². The number of carbonyl (C=O) groups excluding carboxylic acids is 2. The van der Waals surface area contributed by atoms with E-state index >= 15 is 0 Å². The monoisotopic (exact) mass is 438 g/mol. The lowest BCUT2D eigenvalue weighted by molar-refractivity contribution is -0.132. The fourth-order valence-electron chi connectivity index (χ4n) is 3.52. The summed E-state index contributed by atoms with van der Waals surface area (Å²) in [4.78, 5) is 31.2. The topological polar surface area (TPSA) is 79.7 Å². The first kappa shape index (κ1) is 20.6. The number of aliphatic hydroxyl groups excluding tert-OH is 1. The van der Waals surface area contributed by atoms with Crippen molar-refractivity contribution in [3.8, 4) is 5.75 Å². The predicted octanol–water partition coefficient (Wildman–Crippen LogP) is 4.51. The summed E-state index contributed by atoms with van der Waals surface area (Å²) in [6.07, 6.45) is 3.03. The van der Waals surface area contributed by atoms with Crippen LogP contribution in [0.1, 0.15) is 17.2 Å². The van der Waals surface area contributed by atoms with Crippen LogP contribution in [0.2, 0.25) is 5.02 Å². The maximum Gasteiger partial charge on any atom is 0.300 e. The third-order valence-electron chi connectivity index (χ3n) is 5.00. The van der Waals surface area contributed by atoms with Crippen molar-refractivity contribution in [2.45, 2.75) is 6.04 Å². The zero-order valence-electron chi connectivity index (χ0n) is 16.3. The Labute approximate surface area is 182 Å². The molecule has 0 spiro atoms. The van der Waals surface area contributed by atoms with Gasteiger partial charge in [-0.2, -0.15) is 0 Å². The summed E-state index contributed by atoms with van der Waals surface area (Å²) < 4.78 is 18.6. The molecule has 1 atom stereocenters. The molecule has 1 saturated heterocycles. The lowest BCUT2D eigenvalue weighted by Gasteiger charge is -2.25. The van der Waals surface area contributed by atoms with Gasteiger partial charge in [-0.25, -0.2) is 4.39 Å². The molecule has 1 amide bonds. The number of nitrogens with zero attached hydrogens (tertiary/aromatic N) is 2. The summed E-state index contributed by atoms with van der Waals surface area (Å²) >= 11 is 6.26. The fraction of sp³-hybridized carbons (Fsp3) is 0.0870. The zero-order valence-corrected chi connectivity index (χ0v) is 17.0. The van der Waals surface area contributed by atoms with Gasteiger partial charge >= 0.3 is 0 Å². The van der Waals surface area contributed by atoms with Crippen LogP contribution in [0.3, 0.4) is 0 Å². The quantitative estimate of drug-likeness (QED) is 0.368. The average molecular weight is 439 g/mol. The number of aromatic nitrogens is 1. The van der Waals surface area contributed by atoms with Gasteiger partial charge in [-0.15, -0.1) is 0 Å². The molecule has 0 radical (unpaired) electrons. The van der Waals surface area contributed by atoms with E-state index < -0.39 is 29.3 Å². The van der Waals surface area contributed by atoms with Crippen LogP contribution in [-0.2, 0) is 9.59 Å². The lowest BCUT2D eigenvalue weighted by Crippen LogP contribution is -2.29. The van der Waals surface area contributed by atoms with Crippen molar-refractivity contribution >= 4 is 34.7 Å². The molecular weight excluding hydrogens is 423 g/mol. The zero-order chi connectivity index (χ0) is 22.1. The second-order valence-corrected chi connectivity index (χ2v) is 7.18. The Morgan fingerprint density at radius 1 is 1.10 bits per heavy atom. The van der Waals surface area contributed by atoms with Gasteiger partial charge in [0.05, 0.1) is 23.7 Å². The van der Waals surface area contributed by atoms with E-state index in [0.717, 1.165) is 0 Å². The summed E-state index contributed by atoms with van der Waals surface area (Å²) in [6, 6.07) is 12.1. The summed E-state index contributed by atoms with van der Waals surface area (Å²) in [6.45, 7) is 0. The van der Waals surface area contributed by atoms with Crippen LogP contribution < -0.4 is 9.64 Å². The molecule has 0 bridgehead atoms. The minimum Gasteiger partial charge on any atom is -0.507 e. The van der Waals surface area contributed by atoms with Crippen molar-refractivity contribution in [3.63, 3.8) is 0 Å². The number of benzene rings is 2. The van der Waals surface area contributed by atoms with Gasteiger partial charge in [0.25, 0.3) is 11.7 Å². The van der Waals surface area contributed by atoms with Crippen LogP contribution >= 0.6 is 11.6 Å². The number of rotatable bonds is 4. The normalized spacial score (nSPS) is 17.8. The molecule has 1 unspecified atom stereocenters. The number of ketones is 1. The molecule has 1 aliphatic heterocycles. The minimum atomic E-state index is -0.962. The van der Waals surface area contributed by atoms with Gasteiger partial charge in [-0.3, -0.25) is 19.5 Å². The smallest absolute Gasteiger partial charge is 0.300 e. The number of halogens is 2. The van der Waals surface area contributed by atoms with E-state index in [1.54, 1.807) is 18.2 Å². The Hall–Kier alpha value is -3.71. The Morgan fingerprint density at radius 2 is 1.77 bits per heavy atom. The van der Waals surface area contributed by atoms with E-state index in [1.807, 2.05) is 0 Å². The van der Waals surface area contributed by atoms with Gasteiger partial charge < -0.3 is 9.84 Å². The average Bonchev–Trinajstić information content (AvgIpc) is 3.05. The summed E-state index contributed by atoms with van der Waals surface area (Å²) in [7, 11) is 1.46. The molecule has 1 N–H and O–H groups in total. The van der Waals surface area contributed by atoms with Crippen molar-refractivity contribution in [2.75, 3.05) is 12.0 Å². The highest BCUT2D eigenvalue weighted by molar-refractivity contribution is 6.52. The fourth-order valence-corrected chi connectivity index (χ4v) is 3.73. The molecule has 1 aromatic heterocycles. The molecule has 156 valence electrons. The van der Waals surface area contributed by atoms with Crippen LogP contribution in [0.5, 0.6) is 5.75 Å². The maximum atomic E-state index is 13.5. The highest BCUT2D eigenvalue weighted by atomic mass is 35.5. The number of ether oxygens (including phenoxy) is 1. The van der Waals surface area contributed by atoms with Crippen LogP contribution in [0, 0.1) is 5.82 Å². The Morgan fingerprint density at radius 3 is 2.42 bits per heavy atom. The molecular formula is C23H16ClFN2O4. The molecule has 0 aliphatic carbocycles. The summed E-state index contributed by atoms with van der Waals surface area (Å²) in [5.74, 6) is -2.24. The Balaban J connectivity index is 1.96. The lowest BCUT2D eigenvalue weighted by atomic mass is 9.95. The van der Waals surface area contributed by atoms with Crippen molar-refractivity contribution in [1.82, 2.24) is 4.98 Å². The van der Waals surface area contributed by atoms with E-state index in [4.69, 9.17) is 16.3 Å². The van der Waals surface area contributed by atoms with Gasteiger partial charge in [0.15, 0.2) is 0 Å². The number of amides is 1. The third kappa shape index (κ3) is 3.64. The molecule has 1 aliphatic rings. The number of aliphatic hydroxyl groups is 1. The van der Waals surface area contributed by atoms with Gasteiger partial charge in [0, 0.05) is 23.6 Å². The van der Waals surface area contributed by atoms with Gasteiger partial charge in [-0.05, 0) is 60.2 Å². The number of pyridine rings is 1. The highest BCUT2D eigenvalue weighted by Gasteiger charge is 2.47. The first-order chi connectivity index (χ1) is 14.9. The van der Waals surface area contributed by atoms with E-state index in [0.29, 0.717) is 17.0 Å². The van der Waals surface area contributed by atoms with Crippen LogP contribution in [0.25, 0.3) is 5.76 Å². The van der Waals surface area contributed by atoms with E-state index in [2.05, 4.69) is 4.98 Å². The van der Waals surface area contributed by atoms with E-state index in [9.17, 15) is 19.1 Å². The van der Waals surface area contributed by atoms with Crippen molar-refractivity contribution in [2.24, 2.45) is 0 Å². The van der Waals surface area contributed by atoms with Gasteiger partial charge in [-0.1, -0.05) is 11.6 Å². The van der Waals surface area contributed by atoms with Crippen LogP contribution in [0.4, 0.5) is 10.1 Å². The molecule has 31 heavy (non-hydrogen) atoms. The second-order valence-electron chi connectivity index (χ2n) is 6.77. The number of hydrogen-bond acceptors (Lipinski definition) is 5. The van der Waals surface area contributed by atoms with Gasteiger partial charge in [0.1, 0.15) is 17.3 Å². The molecule has 8 heteroatoms. The number of anilines is 1. The highest BCUT2D eigenvalue weighted by Crippen LogP contribution is 2.43. The first-order valence-electron chi connectivity index (χ1n) is 9.22. The van der Waals surface area contributed by atoms with E-state index in [1.165, 1.54) is 60.8 Å². The van der Waals surface area contributed by atoms with Crippen molar-refractivity contribution in [1.29, 1.82) is 0 Å². The van der Waals surface area contributed by atoms with Crippen molar-refractivity contribution < 1.29 is 23.8 Å². The molecule has 6 nitrogen and oxygen atoms in total. The molecule has 4 rings (SSSR count). The SMILES string of the molecule is COc1ccc(Cl)c(/C(O)=C2\C(=O)C(=O)N(c3ccc(F)cc3)C2c2ccncc2)c1.